The Labute approximate surface area is 122 Å². The molecule has 0 saturated carbocycles. The van der Waals surface area contributed by atoms with Gasteiger partial charge in [-0.05, 0) is 33.3 Å². The van der Waals surface area contributed by atoms with Crippen LogP contribution >= 0.6 is 0 Å². The van der Waals surface area contributed by atoms with Crippen LogP contribution in [0, 0.1) is 11.8 Å². The molecule has 0 atom stereocenters. The number of hydrogen-bond acceptors (Lipinski definition) is 3. The normalized spacial score (nSPS) is 17.9. The molecule has 0 aliphatic carbocycles. The highest BCUT2D eigenvalue weighted by atomic mass is 16.6. The zero-order chi connectivity index (χ0) is 15.4. The van der Waals surface area contributed by atoms with Crippen LogP contribution < -0.4 is 0 Å². The molecule has 1 rings (SSSR count). The van der Waals surface area contributed by atoms with Gasteiger partial charge >= 0.3 is 6.09 Å². The number of hydrogen-bond donors (Lipinski definition) is 0. The van der Waals surface area contributed by atoms with E-state index in [4.69, 9.17) is 9.47 Å². The van der Waals surface area contributed by atoms with Crippen molar-refractivity contribution in [2.45, 2.75) is 51.7 Å². The van der Waals surface area contributed by atoms with Crippen LogP contribution in [0.1, 0.15) is 40.5 Å². The molecule has 0 unspecified atom stereocenters. The maximum Gasteiger partial charge on any atom is 0.410 e. The maximum atomic E-state index is 12.0. The third-order valence-electron chi connectivity index (χ3n) is 3.12. The van der Waals surface area contributed by atoms with Crippen molar-refractivity contribution in [1.82, 2.24) is 4.90 Å². The highest BCUT2D eigenvalue weighted by Gasteiger charge is 2.35. The van der Waals surface area contributed by atoms with Crippen LogP contribution in [-0.4, -0.2) is 42.4 Å². The number of ether oxygens (including phenoxy) is 2. The van der Waals surface area contributed by atoms with Crippen molar-refractivity contribution in [3.63, 3.8) is 0 Å². The van der Waals surface area contributed by atoms with Crippen LogP contribution in [0.5, 0.6) is 0 Å². The summed E-state index contributed by atoms with van der Waals surface area (Å²) in [5, 5.41) is 0. The first-order valence-corrected chi connectivity index (χ1v) is 6.89. The molecule has 0 bridgehead atoms. The minimum Gasteiger partial charge on any atom is -0.444 e. The van der Waals surface area contributed by atoms with Crippen molar-refractivity contribution in [2.75, 3.05) is 20.2 Å². The van der Waals surface area contributed by atoms with Crippen molar-refractivity contribution in [1.29, 1.82) is 0 Å². The van der Waals surface area contributed by atoms with Gasteiger partial charge in [0.25, 0.3) is 0 Å². The van der Waals surface area contributed by atoms with E-state index in [1.165, 1.54) is 0 Å². The van der Waals surface area contributed by atoms with E-state index in [0.717, 1.165) is 5.57 Å². The van der Waals surface area contributed by atoms with E-state index in [9.17, 15) is 4.79 Å². The largest absolute Gasteiger partial charge is 0.444 e. The Balaban J connectivity index is 2.64. The lowest BCUT2D eigenvalue weighted by Crippen LogP contribution is -2.48. The Bertz CT molecular complexity index is 429. The van der Waals surface area contributed by atoms with Gasteiger partial charge in [0, 0.05) is 33.0 Å². The predicted octanol–water partition coefficient (Wildman–Crippen LogP) is 2.98. The third-order valence-corrected chi connectivity index (χ3v) is 3.12. The van der Waals surface area contributed by atoms with E-state index < -0.39 is 11.2 Å². The number of rotatable bonds is 1. The Morgan fingerprint density at radius 1 is 1.30 bits per heavy atom. The molecule has 0 N–H and O–H groups in total. The second-order valence-corrected chi connectivity index (χ2v) is 6.20. The van der Waals surface area contributed by atoms with Crippen LogP contribution in [-0.2, 0) is 9.47 Å². The number of likely N-dealkylation sites (tertiary alicyclic amines) is 1. The highest BCUT2D eigenvalue weighted by Crippen LogP contribution is 2.26. The van der Waals surface area contributed by atoms with E-state index >= 15 is 0 Å². The first-order chi connectivity index (χ1) is 9.17. The molecule has 1 aliphatic rings. The Kier molecular flexibility index (Phi) is 5.24. The summed E-state index contributed by atoms with van der Waals surface area (Å²) >= 11 is 0. The fourth-order valence-corrected chi connectivity index (χ4v) is 1.98. The van der Waals surface area contributed by atoms with Gasteiger partial charge in [0.15, 0.2) is 0 Å². The maximum absolute atomic E-state index is 12.0. The highest BCUT2D eigenvalue weighted by molar-refractivity contribution is 5.68. The van der Waals surface area contributed by atoms with Crippen molar-refractivity contribution >= 4 is 6.09 Å². The molecule has 4 nitrogen and oxygen atoms in total. The fourth-order valence-electron chi connectivity index (χ4n) is 1.98. The zero-order valence-electron chi connectivity index (χ0n) is 13.2. The monoisotopic (exact) mass is 279 g/mol. The molecule has 1 amide bonds. The average Bonchev–Trinajstić information content (AvgIpc) is 2.35. The van der Waals surface area contributed by atoms with Gasteiger partial charge in [-0.1, -0.05) is 18.4 Å². The summed E-state index contributed by atoms with van der Waals surface area (Å²) in [5.74, 6) is 6.13. The van der Waals surface area contributed by atoms with Gasteiger partial charge in [0.1, 0.15) is 11.2 Å². The summed E-state index contributed by atoms with van der Waals surface area (Å²) in [6.07, 6.45) is 1.10. The van der Waals surface area contributed by atoms with Crippen molar-refractivity contribution < 1.29 is 14.3 Å². The summed E-state index contributed by atoms with van der Waals surface area (Å²) in [6, 6.07) is 0. The van der Waals surface area contributed by atoms with E-state index in [-0.39, 0.29) is 6.09 Å². The lowest BCUT2D eigenvalue weighted by molar-refractivity contribution is -0.0251. The minimum absolute atomic E-state index is 0.268. The third kappa shape index (κ3) is 4.90. The predicted molar refractivity (Wildman–Crippen MR) is 79.4 cm³/mol. The van der Waals surface area contributed by atoms with Crippen molar-refractivity contribution in [3.05, 3.63) is 12.2 Å². The van der Waals surface area contributed by atoms with Gasteiger partial charge in [0.2, 0.25) is 0 Å². The zero-order valence-corrected chi connectivity index (χ0v) is 13.2. The number of piperidine rings is 1. The summed E-state index contributed by atoms with van der Waals surface area (Å²) in [7, 11) is 1.66. The number of carbonyl (C=O) groups excluding carboxylic acids is 1. The van der Waals surface area contributed by atoms with Crippen LogP contribution in [0.15, 0.2) is 12.2 Å². The second-order valence-electron chi connectivity index (χ2n) is 6.20. The molecule has 20 heavy (non-hydrogen) atoms. The Hall–Kier alpha value is -1.47. The summed E-state index contributed by atoms with van der Waals surface area (Å²) in [4.78, 5) is 13.7. The molecule has 1 heterocycles. The fraction of sp³-hybridized carbons (Fsp3) is 0.688. The molecule has 1 saturated heterocycles. The van der Waals surface area contributed by atoms with Gasteiger partial charge in [-0.25, -0.2) is 4.79 Å². The first kappa shape index (κ1) is 16.6. The standard InChI is InChI=1S/C16H25NO3/c1-13(2)7-8-16(19-6)9-11-17(12-10-16)14(18)20-15(3,4)5/h1,9-12H2,2-6H3. The van der Waals surface area contributed by atoms with Crippen molar-refractivity contribution in [2.24, 2.45) is 0 Å². The number of allylic oxidation sites excluding steroid dienone is 1. The van der Waals surface area contributed by atoms with Crippen LogP contribution in [0.4, 0.5) is 4.79 Å². The van der Waals surface area contributed by atoms with Gasteiger partial charge in [-0.2, -0.15) is 0 Å². The van der Waals surface area contributed by atoms with Gasteiger partial charge in [-0.15, -0.1) is 0 Å². The van der Waals surface area contributed by atoms with Crippen LogP contribution in [0.25, 0.3) is 0 Å². The average molecular weight is 279 g/mol. The molecular formula is C16H25NO3. The lowest BCUT2D eigenvalue weighted by atomic mass is 9.91. The Morgan fingerprint density at radius 2 is 1.85 bits per heavy atom. The second kappa shape index (κ2) is 6.32. The van der Waals surface area contributed by atoms with Crippen molar-refractivity contribution in [3.8, 4) is 11.8 Å². The molecule has 0 aromatic rings. The first-order valence-electron chi connectivity index (χ1n) is 6.89. The van der Waals surface area contributed by atoms with Gasteiger partial charge in [-0.3, -0.25) is 0 Å². The molecule has 1 aliphatic heterocycles. The number of methoxy groups -OCH3 is 1. The number of carbonyl (C=O) groups is 1. The molecule has 1 fully saturated rings. The SMILES string of the molecule is C=C(C)C#CC1(OC)CCN(C(=O)OC(C)(C)C)CC1. The number of amides is 1. The molecule has 0 spiro atoms. The number of nitrogens with zero attached hydrogens (tertiary/aromatic N) is 1. The van der Waals surface area contributed by atoms with Gasteiger partial charge in [0.05, 0.1) is 0 Å². The van der Waals surface area contributed by atoms with E-state index in [0.29, 0.717) is 25.9 Å². The van der Waals surface area contributed by atoms with Crippen LogP contribution in [0.3, 0.4) is 0 Å². The molecule has 4 heteroatoms. The minimum atomic E-state index is -0.475. The summed E-state index contributed by atoms with van der Waals surface area (Å²) in [5.41, 5.74) is -0.125. The summed E-state index contributed by atoms with van der Waals surface area (Å²) < 4.78 is 10.9. The smallest absolute Gasteiger partial charge is 0.410 e. The van der Waals surface area contributed by atoms with E-state index in [2.05, 4.69) is 18.4 Å². The molecule has 112 valence electrons. The molecular weight excluding hydrogens is 254 g/mol. The van der Waals surface area contributed by atoms with E-state index in [1.54, 1.807) is 12.0 Å². The molecule has 0 radical (unpaired) electrons. The Morgan fingerprint density at radius 3 is 2.25 bits per heavy atom. The summed E-state index contributed by atoms with van der Waals surface area (Å²) in [6.45, 7) is 12.4. The topological polar surface area (TPSA) is 38.8 Å². The van der Waals surface area contributed by atoms with Gasteiger partial charge < -0.3 is 14.4 Å². The quantitative estimate of drug-likeness (QED) is 0.693. The molecule has 0 aromatic heterocycles. The lowest BCUT2D eigenvalue weighted by Gasteiger charge is -2.38. The van der Waals surface area contributed by atoms with E-state index in [1.807, 2.05) is 27.7 Å². The molecule has 0 aromatic carbocycles. The van der Waals surface area contributed by atoms with Crippen LogP contribution in [0.2, 0.25) is 0 Å².